The molecule has 0 radical (unpaired) electrons. The molecule has 0 aromatic rings. The monoisotopic (exact) mass is 207 g/mol. The summed E-state index contributed by atoms with van der Waals surface area (Å²) in [6, 6.07) is 0. The Kier molecular flexibility index (Phi) is 3.01. The van der Waals surface area contributed by atoms with Crippen LogP contribution in [0.5, 0.6) is 0 Å². The third-order valence-corrected chi connectivity index (χ3v) is 5.08. The average Bonchev–Trinajstić information content (AvgIpc) is 2.75. The summed E-state index contributed by atoms with van der Waals surface area (Å²) in [6.07, 6.45) is 12.1. The van der Waals surface area contributed by atoms with Crippen LogP contribution in [0.4, 0.5) is 0 Å². The smallest absolute Gasteiger partial charge is 0.00124 e. The van der Waals surface area contributed by atoms with Crippen molar-refractivity contribution in [1.82, 2.24) is 4.90 Å². The van der Waals surface area contributed by atoms with Crippen molar-refractivity contribution >= 4 is 0 Å². The summed E-state index contributed by atoms with van der Waals surface area (Å²) in [7, 11) is 0. The standard InChI is InChI=1S/C14H25N/c1-2-4-8-15(7-3-1)11-14-10-12-5-6-13(14)9-12/h12-14H,1-11H2. The molecule has 2 saturated carbocycles. The first-order valence-electron chi connectivity index (χ1n) is 7.14. The van der Waals surface area contributed by atoms with E-state index in [9.17, 15) is 0 Å². The minimum absolute atomic E-state index is 1.09. The van der Waals surface area contributed by atoms with E-state index in [0.717, 1.165) is 17.8 Å². The second kappa shape index (κ2) is 4.45. The number of hydrogen-bond acceptors (Lipinski definition) is 1. The van der Waals surface area contributed by atoms with Gasteiger partial charge in [0.2, 0.25) is 0 Å². The highest BCUT2D eigenvalue weighted by atomic mass is 15.1. The van der Waals surface area contributed by atoms with Crippen LogP contribution in [0.1, 0.15) is 51.4 Å². The van der Waals surface area contributed by atoms with E-state index in [1.54, 1.807) is 25.7 Å². The Balaban J connectivity index is 1.51. The number of likely N-dealkylation sites (tertiary alicyclic amines) is 1. The van der Waals surface area contributed by atoms with Gasteiger partial charge in [0.1, 0.15) is 0 Å². The van der Waals surface area contributed by atoms with Gasteiger partial charge in [-0.25, -0.2) is 0 Å². The van der Waals surface area contributed by atoms with Gasteiger partial charge in [0.25, 0.3) is 0 Å². The lowest BCUT2D eigenvalue weighted by atomic mass is 9.88. The molecule has 86 valence electrons. The fraction of sp³-hybridized carbons (Fsp3) is 1.00. The van der Waals surface area contributed by atoms with Crippen LogP contribution < -0.4 is 0 Å². The van der Waals surface area contributed by atoms with Gasteiger partial charge in [-0.3, -0.25) is 0 Å². The highest BCUT2D eigenvalue weighted by molar-refractivity contribution is 4.91. The molecular formula is C14H25N. The van der Waals surface area contributed by atoms with Crippen molar-refractivity contribution in [3.63, 3.8) is 0 Å². The van der Waals surface area contributed by atoms with Gasteiger partial charge in [0.05, 0.1) is 0 Å². The number of hydrogen-bond donors (Lipinski definition) is 0. The minimum atomic E-state index is 1.09. The molecule has 0 spiro atoms. The third kappa shape index (κ3) is 2.22. The van der Waals surface area contributed by atoms with Gasteiger partial charge in [-0.15, -0.1) is 0 Å². The molecule has 3 atom stereocenters. The van der Waals surface area contributed by atoms with Gasteiger partial charge >= 0.3 is 0 Å². The Labute approximate surface area is 94.2 Å². The van der Waals surface area contributed by atoms with Crippen molar-refractivity contribution < 1.29 is 0 Å². The Morgan fingerprint density at radius 3 is 2.27 bits per heavy atom. The van der Waals surface area contributed by atoms with Crippen molar-refractivity contribution in [1.29, 1.82) is 0 Å². The van der Waals surface area contributed by atoms with Crippen LogP contribution in [-0.2, 0) is 0 Å². The number of nitrogens with zero attached hydrogens (tertiary/aromatic N) is 1. The van der Waals surface area contributed by atoms with Crippen LogP contribution in [0.15, 0.2) is 0 Å². The molecule has 3 unspecified atom stereocenters. The van der Waals surface area contributed by atoms with E-state index >= 15 is 0 Å². The van der Waals surface area contributed by atoms with Gasteiger partial charge < -0.3 is 4.90 Å². The fourth-order valence-corrected chi connectivity index (χ4v) is 4.25. The molecule has 3 fully saturated rings. The van der Waals surface area contributed by atoms with Crippen LogP contribution in [0.25, 0.3) is 0 Å². The zero-order valence-corrected chi connectivity index (χ0v) is 9.96. The summed E-state index contributed by atoms with van der Waals surface area (Å²) in [6.45, 7) is 4.24. The van der Waals surface area contributed by atoms with Crippen molar-refractivity contribution in [2.24, 2.45) is 17.8 Å². The summed E-state index contributed by atoms with van der Waals surface area (Å²) in [5.74, 6) is 3.34. The van der Waals surface area contributed by atoms with Crippen molar-refractivity contribution in [3.05, 3.63) is 0 Å². The van der Waals surface area contributed by atoms with Gasteiger partial charge in [0.15, 0.2) is 0 Å². The second-order valence-corrected chi connectivity index (χ2v) is 6.15. The first-order chi connectivity index (χ1) is 7.42. The summed E-state index contributed by atoms with van der Waals surface area (Å²) >= 11 is 0. The molecule has 1 aliphatic heterocycles. The minimum Gasteiger partial charge on any atom is -0.303 e. The SMILES string of the molecule is C1CCCN(CC2CC3CCC2C3)CC1. The average molecular weight is 207 g/mol. The van der Waals surface area contributed by atoms with Gasteiger partial charge in [-0.05, 0) is 62.9 Å². The highest BCUT2D eigenvalue weighted by Gasteiger charge is 2.39. The van der Waals surface area contributed by atoms with E-state index in [-0.39, 0.29) is 0 Å². The van der Waals surface area contributed by atoms with E-state index in [4.69, 9.17) is 0 Å². The van der Waals surface area contributed by atoms with E-state index in [0.29, 0.717) is 0 Å². The van der Waals surface area contributed by atoms with E-state index in [1.807, 2.05) is 0 Å². The number of rotatable bonds is 2. The van der Waals surface area contributed by atoms with Crippen LogP contribution in [0.2, 0.25) is 0 Å². The van der Waals surface area contributed by atoms with E-state index in [1.165, 1.54) is 45.3 Å². The predicted octanol–water partition coefficient (Wildman–Crippen LogP) is 3.30. The quantitative estimate of drug-likeness (QED) is 0.671. The number of fused-ring (bicyclic) bond motifs is 2. The molecule has 0 N–H and O–H groups in total. The van der Waals surface area contributed by atoms with Crippen LogP contribution >= 0.6 is 0 Å². The third-order valence-electron chi connectivity index (χ3n) is 5.08. The van der Waals surface area contributed by atoms with Crippen LogP contribution in [-0.4, -0.2) is 24.5 Å². The molecule has 2 bridgehead atoms. The van der Waals surface area contributed by atoms with Crippen molar-refractivity contribution in [2.75, 3.05) is 19.6 Å². The van der Waals surface area contributed by atoms with Crippen LogP contribution in [0.3, 0.4) is 0 Å². The van der Waals surface area contributed by atoms with Gasteiger partial charge in [-0.1, -0.05) is 19.3 Å². The predicted molar refractivity (Wildman–Crippen MR) is 63.8 cm³/mol. The summed E-state index contributed by atoms with van der Waals surface area (Å²) < 4.78 is 0. The molecule has 1 heteroatoms. The lowest BCUT2D eigenvalue weighted by Gasteiger charge is -2.28. The van der Waals surface area contributed by atoms with E-state index < -0.39 is 0 Å². The molecule has 3 rings (SSSR count). The molecule has 2 aliphatic carbocycles. The largest absolute Gasteiger partial charge is 0.303 e. The molecule has 0 amide bonds. The van der Waals surface area contributed by atoms with Crippen LogP contribution in [0, 0.1) is 17.8 Å². The maximum Gasteiger partial charge on any atom is 0.00124 e. The van der Waals surface area contributed by atoms with E-state index in [2.05, 4.69) is 4.90 Å². The molecule has 15 heavy (non-hydrogen) atoms. The highest BCUT2D eigenvalue weighted by Crippen LogP contribution is 2.48. The summed E-state index contributed by atoms with van der Waals surface area (Å²) in [4.78, 5) is 2.78. The second-order valence-electron chi connectivity index (χ2n) is 6.15. The molecule has 0 aromatic carbocycles. The Bertz CT molecular complexity index is 205. The maximum atomic E-state index is 2.78. The van der Waals surface area contributed by atoms with Gasteiger partial charge in [-0.2, -0.15) is 0 Å². The molecular weight excluding hydrogens is 182 g/mol. The molecule has 1 heterocycles. The van der Waals surface area contributed by atoms with Gasteiger partial charge in [0, 0.05) is 6.54 Å². The summed E-state index contributed by atoms with van der Waals surface area (Å²) in [5, 5.41) is 0. The van der Waals surface area contributed by atoms with Crippen molar-refractivity contribution in [3.8, 4) is 0 Å². The van der Waals surface area contributed by atoms with Crippen molar-refractivity contribution in [2.45, 2.75) is 51.4 Å². The molecule has 1 saturated heterocycles. The lowest BCUT2D eigenvalue weighted by Crippen LogP contribution is -2.32. The molecule has 3 aliphatic rings. The lowest BCUT2D eigenvalue weighted by molar-refractivity contribution is 0.195. The Morgan fingerprint density at radius 2 is 1.67 bits per heavy atom. The maximum absolute atomic E-state index is 2.78. The molecule has 1 nitrogen and oxygen atoms in total. The Hall–Kier alpha value is -0.0400. The first-order valence-corrected chi connectivity index (χ1v) is 7.14. The topological polar surface area (TPSA) is 3.24 Å². The molecule has 0 aromatic heterocycles. The zero-order valence-electron chi connectivity index (χ0n) is 9.96. The fourth-order valence-electron chi connectivity index (χ4n) is 4.25. The normalized spacial score (nSPS) is 42.0. The summed E-state index contributed by atoms with van der Waals surface area (Å²) in [5.41, 5.74) is 0. The first kappa shape index (κ1) is 10.1. The Morgan fingerprint density at radius 1 is 0.867 bits per heavy atom. The zero-order chi connectivity index (χ0) is 10.1.